The average Bonchev–Trinajstić information content (AvgIpc) is 2.29. The molecule has 0 aliphatic rings. The fourth-order valence-corrected chi connectivity index (χ4v) is 1.26. The van der Waals surface area contributed by atoms with Crippen molar-refractivity contribution < 1.29 is 19.4 Å². The molecule has 0 atom stereocenters. The minimum atomic E-state index is -0.862. The summed E-state index contributed by atoms with van der Waals surface area (Å²) in [5.41, 5.74) is 0.463. The number of aromatic hydroxyl groups is 1. The number of carbonyl (C=O) groups is 1. The molecule has 0 amide bonds. The van der Waals surface area contributed by atoms with Crippen LogP contribution in [0, 0.1) is 0 Å². The van der Waals surface area contributed by atoms with Gasteiger partial charge < -0.3 is 14.6 Å². The lowest BCUT2D eigenvalue weighted by Crippen LogP contribution is -2.27. The van der Waals surface area contributed by atoms with Crippen molar-refractivity contribution in [2.45, 2.75) is 20.1 Å². The van der Waals surface area contributed by atoms with E-state index < -0.39 is 6.29 Å². The molecule has 0 spiro atoms. The zero-order chi connectivity index (χ0) is 12.0. The number of ketones is 1. The molecule has 88 valence electrons. The molecule has 1 rings (SSSR count). The highest BCUT2D eigenvalue weighted by Gasteiger charge is 2.20. The first-order valence-corrected chi connectivity index (χ1v) is 5.25. The maximum Gasteiger partial charge on any atom is 0.222 e. The second-order valence-electron chi connectivity index (χ2n) is 3.15. The molecule has 0 bridgehead atoms. The minimum absolute atomic E-state index is 0.126. The van der Waals surface area contributed by atoms with Crippen LogP contribution in [-0.2, 0) is 9.47 Å². The van der Waals surface area contributed by atoms with Gasteiger partial charge in [0.2, 0.25) is 12.1 Å². The standard InChI is InChI=1S/C12H16O4/c1-3-15-12(16-4-2)11(14)9-5-7-10(13)8-6-9/h5-8,12-13H,3-4H2,1-2H3. The van der Waals surface area contributed by atoms with Gasteiger partial charge in [0.15, 0.2) is 0 Å². The van der Waals surface area contributed by atoms with Crippen LogP contribution >= 0.6 is 0 Å². The van der Waals surface area contributed by atoms with Gasteiger partial charge in [0.25, 0.3) is 0 Å². The zero-order valence-electron chi connectivity index (χ0n) is 9.47. The largest absolute Gasteiger partial charge is 0.508 e. The third-order valence-corrected chi connectivity index (χ3v) is 2.00. The number of benzene rings is 1. The second kappa shape index (κ2) is 6.25. The van der Waals surface area contributed by atoms with Crippen LogP contribution in [0.15, 0.2) is 24.3 Å². The van der Waals surface area contributed by atoms with E-state index in [2.05, 4.69) is 0 Å². The SMILES string of the molecule is CCOC(OCC)C(=O)c1ccc(O)cc1. The summed E-state index contributed by atoms with van der Waals surface area (Å²) in [6, 6.07) is 6.01. The lowest BCUT2D eigenvalue weighted by atomic mass is 10.1. The molecule has 16 heavy (non-hydrogen) atoms. The number of rotatable bonds is 6. The van der Waals surface area contributed by atoms with Crippen LogP contribution in [0.25, 0.3) is 0 Å². The number of hydrogen-bond donors (Lipinski definition) is 1. The summed E-state index contributed by atoms with van der Waals surface area (Å²) in [5, 5.41) is 9.11. The molecule has 4 nitrogen and oxygen atoms in total. The highest BCUT2D eigenvalue weighted by Crippen LogP contribution is 2.13. The predicted molar refractivity (Wildman–Crippen MR) is 59.5 cm³/mol. The van der Waals surface area contributed by atoms with E-state index in [0.717, 1.165) is 0 Å². The first-order valence-electron chi connectivity index (χ1n) is 5.25. The van der Waals surface area contributed by atoms with Crippen molar-refractivity contribution in [1.82, 2.24) is 0 Å². The summed E-state index contributed by atoms with van der Waals surface area (Å²) >= 11 is 0. The first-order chi connectivity index (χ1) is 7.69. The summed E-state index contributed by atoms with van der Waals surface area (Å²) in [6.07, 6.45) is -0.862. The monoisotopic (exact) mass is 224 g/mol. The van der Waals surface area contributed by atoms with E-state index in [-0.39, 0.29) is 11.5 Å². The highest BCUT2D eigenvalue weighted by atomic mass is 16.7. The van der Waals surface area contributed by atoms with Crippen LogP contribution in [0.4, 0.5) is 0 Å². The van der Waals surface area contributed by atoms with Gasteiger partial charge >= 0.3 is 0 Å². The Kier molecular flexibility index (Phi) is 4.95. The highest BCUT2D eigenvalue weighted by molar-refractivity contribution is 5.98. The molecule has 0 aliphatic heterocycles. The summed E-state index contributed by atoms with van der Waals surface area (Å²) in [4.78, 5) is 11.9. The fraction of sp³-hybridized carbons (Fsp3) is 0.417. The molecular weight excluding hydrogens is 208 g/mol. The van der Waals surface area contributed by atoms with Crippen LogP contribution in [0.2, 0.25) is 0 Å². The molecule has 0 aliphatic carbocycles. The molecule has 0 radical (unpaired) electrons. The Hall–Kier alpha value is -1.39. The van der Waals surface area contributed by atoms with Crippen molar-refractivity contribution in [2.75, 3.05) is 13.2 Å². The third-order valence-electron chi connectivity index (χ3n) is 2.00. The molecule has 0 heterocycles. The van der Waals surface area contributed by atoms with Gasteiger partial charge in [-0.15, -0.1) is 0 Å². The molecule has 1 N–H and O–H groups in total. The van der Waals surface area contributed by atoms with Crippen molar-refractivity contribution in [2.24, 2.45) is 0 Å². The van der Waals surface area contributed by atoms with Gasteiger partial charge in [-0.05, 0) is 38.1 Å². The molecule has 1 aromatic rings. The number of ether oxygens (including phenoxy) is 2. The van der Waals surface area contributed by atoms with Gasteiger partial charge in [-0.3, -0.25) is 4.79 Å². The minimum Gasteiger partial charge on any atom is -0.508 e. The lowest BCUT2D eigenvalue weighted by Gasteiger charge is -2.15. The number of hydrogen-bond acceptors (Lipinski definition) is 4. The van der Waals surface area contributed by atoms with E-state index in [1.54, 1.807) is 26.0 Å². The van der Waals surface area contributed by atoms with Gasteiger partial charge in [0, 0.05) is 18.8 Å². The summed E-state index contributed by atoms with van der Waals surface area (Å²) < 4.78 is 10.4. The van der Waals surface area contributed by atoms with Gasteiger partial charge in [-0.2, -0.15) is 0 Å². The van der Waals surface area contributed by atoms with E-state index >= 15 is 0 Å². The summed E-state index contributed by atoms with van der Waals surface area (Å²) in [5.74, 6) is -0.107. The Labute approximate surface area is 94.8 Å². The Morgan fingerprint density at radius 3 is 2.12 bits per heavy atom. The van der Waals surface area contributed by atoms with Crippen LogP contribution in [-0.4, -0.2) is 30.4 Å². The molecule has 0 saturated carbocycles. The molecular formula is C12H16O4. The second-order valence-corrected chi connectivity index (χ2v) is 3.15. The zero-order valence-corrected chi connectivity index (χ0v) is 9.47. The summed E-state index contributed by atoms with van der Waals surface area (Å²) in [6.45, 7) is 4.43. The van der Waals surface area contributed by atoms with Crippen molar-refractivity contribution in [3.63, 3.8) is 0 Å². The van der Waals surface area contributed by atoms with Gasteiger partial charge in [-0.1, -0.05) is 0 Å². The Balaban J connectivity index is 2.77. The van der Waals surface area contributed by atoms with E-state index in [0.29, 0.717) is 18.8 Å². The van der Waals surface area contributed by atoms with E-state index in [4.69, 9.17) is 14.6 Å². The van der Waals surface area contributed by atoms with Crippen LogP contribution in [0.5, 0.6) is 5.75 Å². The molecule has 0 saturated heterocycles. The maximum atomic E-state index is 11.9. The number of phenols is 1. The van der Waals surface area contributed by atoms with E-state index in [1.165, 1.54) is 12.1 Å². The maximum absolute atomic E-state index is 11.9. The van der Waals surface area contributed by atoms with E-state index in [9.17, 15) is 4.79 Å². The Morgan fingerprint density at radius 2 is 1.69 bits per heavy atom. The van der Waals surface area contributed by atoms with Gasteiger partial charge in [-0.25, -0.2) is 0 Å². The fourth-order valence-electron chi connectivity index (χ4n) is 1.26. The predicted octanol–water partition coefficient (Wildman–Crippen LogP) is 1.97. The molecule has 4 heteroatoms. The van der Waals surface area contributed by atoms with E-state index in [1.807, 2.05) is 0 Å². The molecule has 0 aromatic heterocycles. The molecule has 0 unspecified atom stereocenters. The summed E-state index contributed by atoms with van der Waals surface area (Å²) in [7, 11) is 0. The normalized spacial score (nSPS) is 10.7. The lowest BCUT2D eigenvalue weighted by molar-refractivity contribution is -0.107. The van der Waals surface area contributed by atoms with Crippen LogP contribution in [0.1, 0.15) is 24.2 Å². The quantitative estimate of drug-likeness (QED) is 0.593. The topological polar surface area (TPSA) is 55.8 Å². The molecule has 1 aromatic carbocycles. The first kappa shape index (κ1) is 12.7. The third kappa shape index (κ3) is 3.32. The van der Waals surface area contributed by atoms with Crippen molar-refractivity contribution >= 4 is 5.78 Å². The number of phenolic OH excluding ortho intramolecular Hbond substituents is 1. The van der Waals surface area contributed by atoms with Crippen molar-refractivity contribution in [3.8, 4) is 5.75 Å². The van der Waals surface area contributed by atoms with Gasteiger partial charge in [0.1, 0.15) is 5.75 Å². The Morgan fingerprint density at radius 1 is 1.19 bits per heavy atom. The number of Topliss-reactive ketones (excluding diaryl/α,β-unsaturated/α-hetero) is 1. The van der Waals surface area contributed by atoms with Crippen LogP contribution < -0.4 is 0 Å². The Bertz CT molecular complexity index is 325. The molecule has 0 fully saturated rings. The average molecular weight is 224 g/mol. The smallest absolute Gasteiger partial charge is 0.222 e. The van der Waals surface area contributed by atoms with Crippen molar-refractivity contribution in [3.05, 3.63) is 29.8 Å². The van der Waals surface area contributed by atoms with Crippen LogP contribution in [0.3, 0.4) is 0 Å². The van der Waals surface area contributed by atoms with Crippen molar-refractivity contribution in [1.29, 1.82) is 0 Å². The number of carbonyl (C=O) groups excluding carboxylic acids is 1. The van der Waals surface area contributed by atoms with Gasteiger partial charge in [0.05, 0.1) is 0 Å².